The molecule has 0 spiro atoms. The number of hydrogen-bond acceptors (Lipinski definition) is 3. The molecule has 0 bridgehead atoms. The first-order chi connectivity index (χ1) is 10.9. The molecule has 0 radical (unpaired) electrons. The number of rotatable bonds is 3. The van der Waals surface area contributed by atoms with Crippen LogP contribution in [-0.4, -0.2) is 16.1 Å². The molecule has 1 heterocycles. The number of imidazole rings is 1. The molecule has 0 amide bonds. The molecule has 4 N–H and O–H groups in total. The van der Waals surface area contributed by atoms with E-state index in [0.29, 0.717) is 6.54 Å². The molecule has 23 heavy (non-hydrogen) atoms. The molecule has 3 rings (SSSR count). The summed E-state index contributed by atoms with van der Waals surface area (Å²) in [7, 11) is 0. The molecule has 4 nitrogen and oxygen atoms in total. The third-order valence-corrected chi connectivity index (χ3v) is 4.62. The third-order valence-electron chi connectivity index (χ3n) is 4.62. The molecule has 0 saturated heterocycles. The van der Waals surface area contributed by atoms with E-state index < -0.39 is 0 Å². The Morgan fingerprint density at radius 2 is 1.74 bits per heavy atom. The number of fused-ring (bicyclic) bond motifs is 1. The zero-order chi connectivity index (χ0) is 16.7. The van der Waals surface area contributed by atoms with Crippen molar-refractivity contribution in [3.05, 3.63) is 47.0 Å². The number of nitrogens with two attached hydrogens (primary N) is 2. The minimum absolute atomic E-state index is 0.166. The van der Waals surface area contributed by atoms with E-state index in [1.807, 2.05) is 19.1 Å². The van der Waals surface area contributed by atoms with Crippen LogP contribution < -0.4 is 11.5 Å². The topological polar surface area (TPSA) is 69.9 Å². The van der Waals surface area contributed by atoms with Crippen LogP contribution in [0.1, 0.15) is 29.7 Å². The van der Waals surface area contributed by atoms with Gasteiger partial charge in [0.15, 0.2) is 0 Å². The predicted molar refractivity (Wildman–Crippen MR) is 97.6 cm³/mol. The molecule has 1 aromatic heterocycles. The van der Waals surface area contributed by atoms with Gasteiger partial charge in [0.05, 0.1) is 11.0 Å². The van der Waals surface area contributed by atoms with E-state index in [0.717, 1.165) is 33.7 Å². The largest absolute Gasteiger partial charge is 0.398 e. The Labute approximate surface area is 137 Å². The lowest BCUT2D eigenvalue weighted by atomic mass is 10.1. The smallest absolute Gasteiger partial charge is 0.141 e. The van der Waals surface area contributed by atoms with Gasteiger partial charge in [-0.3, -0.25) is 0 Å². The van der Waals surface area contributed by atoms with Gasteiger partial charge in [0.25, 0.3) is 0 Å². The van der Waals surface area contributed by atoms with Gasteiger partial charge in [0.2, 0.25) is 0 Å². The maximum absolute atomic E-state index is 6.10. The van der Waals surface area contributed by atoms with Gasteiger partial charge < -0.3 is 16.0 Å². The van der Waals surface area contributed by atoms with Gasteiger partial charge in [0.1, 0.15) is 5.82 Å². The number of benzene rings is 2. The second kappa shape index (κ2) is 5.70. The van der Waals surface area contributed by atoms with Gasteiger partial charge in [0, 0.05) is 23.8 Å². The van der Waals surface area contributed by atoms with Crippen molar-refractivity contribution in [3.8, 4) is 11.4 Å². The zero-order valence-corrected chi connectivity index (χ0v) is 14.2. The summed E-state index contributed by atoms with van der Waals surface area (Å²) in [6.45, 7) is 8.94. The van der Waals surface area contributed by atoms with Gasteiger partial charge in [-0.2, -0.15) is 0 Å². The van der Waals surface area contributed by atoms with E-state index in [4.69, 9.17) is 16.5 Å². The standard InChI is InChI=1S/C19H24N4/c1-11-5-6-15(9-16(11)21)19-22-17-7-12(2)13(3)8-18(17)23(19)14(4)10-20/h5-9,14H,10,20-21H2,1-4H3. The lowest BCUT2D eigenvalue weighted by molar-refractivity contribution is 0.578. The number of aryl methyl sites for hydroxylation is 3. The SMILES string of the molecule is Cc1cc2nc(-c3ccc(C)c(N)c3)n(C(C)CN)c2cc1C. The minimum Gasteiger partial charge on any atom is -0.398 e. The lowest BCUT2D eigenvalue weighted by Gasteiger charge is -2.16. The van der Waals surface area contributed by atoms with Crippen molar-refractivity contribution in [1.82, 2.24) is 9.55 Å². The molecule has 3 aromatic rings. The van der Waals surface area contributed by atoms with Crippen LogP contribution in [0.25, 0.3) is 22.4 Å². The normalized spacial score (nSPS) is 12.7. The van der Waals surface area contributed by atoms with Crippen LogP contribution in [0.15, 0.2) is 30.3 Å². The van der Waals surface area contributed by atoms with Crippen molar-refractivity contribution >= 4 is 16.7 Å². The Morgan fingerprint density at radius 3 is 2.39 bits per heavy atom. The Hall–Kier alpha value is -2.33. The second-order valence-electron chi connectivity index (χ2n) is 6.39. The second-order valence-corrected chi connectivity index (χ2v) is 6.39. The van der Waals surface area contributed by atoms with E-state index in [1.54, 1.807) is 0 Å². The van der Waals surface area contributed by atoms with Crippen LogP contribution in [0.2, 0.25) is 0 Å². The first-order valence-corrected chi connectivity index (χ1v) is 7.98. The van der Waals surface area contributed by atoms with Crippen molar-refractivity contribution in [2.75, 3.05) is 12.3 Å². The summed E-state index contributed by atoms with van der Waals surface area (Å²) in [6.07, 6.45) is 0. The third kappa shape index (κ3) is 2.59. The highest BCUT2D eigenvalue weighted by Crippen LogP contribution is 2.31. The van der Waals surface area contributed by atoms with E-state index in [9.17, 15) is 0 Å². The molecule has 0 aliphatic heterocycles. The maximum atomic E-state index is 6.10. The van der Waals surface area contributed by atoms with E-state index >= 15 is 0 Å². The molecule has 0 fully saturated rings. The lowest BCUT2D eigenvalue weighted by Crippen LogP contribution is -2.17. The van der Waals surface area contributed by atoms with Crippen molar-refractivity contribution < 1.29 is 0 Å². The number of nitrogens with zero attached hydrogens (tertiary/aromatic N) is 2. The highest BCUT2D eigenvalue weighted by Gasteiger charge is 2.17. The average Bonchev–Trinajstić information content (AvgIpc) is 2.88. The van der Waals surface area contributed by atoms with Gasteiger partial charge in [-0.15, -0.1) is 0 Å². The monoisotopic (exact) mass is 308 g/mol. The number of aromatic nitrogens is 2. The van der Waals surface area contributed by atoms with Crippen molar-refractivity contribution in [2.45, 2.75) is 33.7 Å². The summed E-state index contributed by atoms with van der Waals surface area (Å²) in [5, 5.41) is 0. The van der Waals surface area contributed by atoms with Gasteiger partial charge >= 0.3 is 0 Å². The summed E-state index contributed by atoms with van der Waals surface area (Å²) in [6, 6.07) is 10.6. The number of hydrogen-bond donors (Lipinski definition) is 2. The maximum Gasteiger partial charge on any atom is 0.141 e. The Morgan fingerprint density at radius 1 is 1.04 bits per heavy atom. The Bertz CT molecular complexity index is 877. The fraction of sp³-hybridized carbons (Fsp3) is 0.316. The molecule has 1 unspecified atom stereocenters. The van der Waals surface area contributed by atoms with E-state index in [1.165, 1.54) is 11.1 Å². The van der Waals surface area contributed by atoms with E-state index in [2.05, 4.69) is 43.5 Å². The first kappa shape index (κ1) is 15.6. The van der Waals surface area contributed by atoms with Crippen molar-refractivity contribution in [2.24, 2.45) is 5.73 Å². The first-order valence-electron chi connectivity index (χ1n) is 7.98. The fourth-order valence-corrected chi connectivity index (χ4v) is 2.89. The summed E-state index contributed by atoms with van der Waals surface area (Å²) in [5.41, 5.74) is 19.6. The molecule has 2 aromatic carbocycles. The van der Waals surface area contributed by atoms with Crippen LogP contribution in [0.5, 0.6) is 0 Å². The van der Waals surface area contributed by atoms with Crippen LogP contribution in [-0.2, 0) is 0 Å². The van der Waals surface area contributed by atoms with Crippen LogP contribution in [0.4, 0.5) is 5.69 Å². The highest BCUT2D eigenvalue weighted by atomic mass is 15.1. The summed E-state index contributed by atoms with van der Waals surface area (Å²) in [5.74, 6) is 0.926. The van der Waals surface area contributed by atoms with Crippen LogP contribution >= 0.6 is 0 Å². The molecular weight excluding hydrogens is 284 g/mol. The number of anilines is 1. The van der Waals surface area contributed by atoms with Crippen molar-refractivity contribution in [3.63, 3.8) is 0 Å². The van der Waals surface area contributed by atoms with Crippen LogP contribution in [0, 0.1) is 20.8 Å². The fourth-order valence-electron chi connectivity index (χ4n) is 2.89. The van der Waals surface area contributed by atoms with Gasteiger partial charge in [-0.05, 0) is 62.6 Å². The summed E-state index contributed by atoms with van der Waals surface area (Å²) >= 11 is 0. The van der Waals surface area contributed by atoms with Gasteiger partial charge in [-0.1, -0.05) is 12.1 Å². The molecule has 0 saturated carbocycles. The molecule has 0 aliphatic carbocycles. The quantitative estimate of drug-likeness (QED) is 0.724. The average molecular weight is 308 g/mol. The summed E-state index contributed by atoms with van der Waals surface area (Å²) in [4.78, 5) is 4.88. The molecule has 1 atom stereocenters. The predicted octanol–water partition coefficient (Wildman–Crippen LogP) is 3.73. The Kier molecular flexibility index (Phi) is 3.86. The minimum atomic E-state index is 0.166. The zero-order valence-electron chi connectivity index (χ0n) is 14.2. The van der Waals surface area contributed by atoms with Gasteiger partial charge in [-0.25, -0.2) is 4.98 Å². The molecule has 4 heteroatoms. The van der Waals surface area contributed by atoms with Crippen molar-refractivity contribution in [1.29, 1.82) is 0 Å². The molecule has 120 valence electrons. The Balaban J connectivity index is 2.32. The summed E-state index contributed by atoms with van der Waals surface area (Å²) < 4.78 is 2.23. The highest BCUT2D eigenvalue weighted by molar-refractivity contribution is 5.83. The number of nitrogen functional groups attached to an aromatic ring is 1. The van der Waals surface area contributed by atoms with E-state index in [-0.39, 0.29) is 6.04 Å². The molecular formula is C19H24N4. The van der Waals surface area contributed by atoms with Crippen LogP contribution in [0.3, 0.4) is 0 Å². The molecule has 0 aliphatic rings.